The maximum Gasteiger partial charge on any atom is 0.229 e. The summed E-state index contributed by atoms with van der Waals surface area (Å²) in [5.41, 5.74) is 4.81. The number of aryl methyl sites for hydroxylation is 3. The van der Waals surface area contributed by atoms with Crippen molar-refractivity contribution in [2.24, 2.45) is 7.05 Å². The number of aromatic nitrogens is 4. The third-order valence-corrected chi connectivity index (χ3v) is 5.13. The van der Waals surface area contributed by atoms with E-state index in [2.05, 4.69) is 45.6 Å². The van der Waals surface area contributed by atoms with Gasteiger partial charge in [-0.15, -0.1) is 10.2 Å². The first-order valence-electron chi connectivity index (χ1n) is 8.85. The summed E-state index contributed by atoms with van der Waals surface area (Å²) in [6, 6.07) is 6.45. The van der Waals surface area contributed by atoms with Crippen molar-refractivity contribution >= 4 is 16.8 Å². The summed E-state index contributed by atoms with van der Waals surface area (Å²) >= 11 is 0. The first-order chi connectivity index (χ1) is 12.1. The molecule has 0 radical (unpaired) electrons. The minimum atomic E-state index is -0.0871. The molecule has 0 aliphatic heterocycles. The van der Waals surface area contributed by atoms with Gasteiger partial charge in [0.05, 0.1) is 5.92 Å². The highest BCUT2D eigenvalue weighted by Gasteiger charge is 2.29. The number of aromatic amines is 1. The maximum absolute atomic E-state index is 12.7. The molecule has 1 unspecified atom stereocenters. The number of hydrogen-bond acceptors (Lipinski definition) is 3. The first-order valence-corrected chi connectivity index (χ1v) is 8.85. The normalized spacial score (nSPS) is 16.8. The minimum absolute atomic E-state index is 0.0871. The molecular weight excluding hydrogens is 314 g/mol. The molecule has 2 N–H and O–H groups in total. The van der Waals surface area contributed by atoms with Crippen molar-refractivity contribution in [3.05, 3.63) is 47.2 Å². The molecule has 2 heterocycles. The van der Waals surface area contributed by atoms with Crippen LogP contribution >= 0.6 is 0 Å². The number of H-pyrrole nitrogens is 1. The quantitative estimate of drug-likeness (QED) is 0.767. The van der Waals surface area contributed by atoms with E-state index in [-0.39, 0.29) is 11.8 Å². The van der Waals surface area contributed by atoms with E-state index in [0.29, 0.717) is 13.0 Å². The Kier molecular flexibility index (Phi) is 4.03. The van der Waals surface area contributed by atoms with Crippen LogP contribution in [0.1, 0.15) is 41.4 Å². The Morgan fingerprint density at radius 1 is 1.44 bits per heavy atom. The second-order valence-electron chi connectivity index (χ2n) is 6.91. The van der Waals surface area contributed by atoms with E-state index in [1.807, 2.05) is 11.6 Å². The average Bonchev–Trinajstić information content (AvgIpc) is 3.18. The Morgan fingerprint density at radius 3 is 3.12 bits per heavy atom. The fraction of sp³-hybridized carbons (Fsp3) is 0.421. The smallest absolute Gasteiger partial charge is 0.229 e. The molecule has 6 nitrogen and oxygen atoms in total. The Bertz CT molecular complexity index is 923. The standard InChI is InChI=1S/C19H23N5O/c1-12-6-7-16-15(10-12)13-4-3-5-14(18(13)22-16)19(25)20-9-8-17-23-21-11-24(17)2/h6-7,10-11,14,22H,3-5,8-9H2,1-2H3,(H,20,25). The van der Waals surface area contributed by atoms with Crippen LogP contribution in [0.5, 0.6) is 0 Å². The monoisotopic (exact) mass is 337 g/mol. The summed E-state index contributed by atoms with van der Waals surface area (Å²) in [4.78, 5) is 16.2. The Morgan fingerprint density at radius 2 is 2.32 bits per heavy atom. The van der Waals surface area contributed by atoms with Gasteiger partial charge in [-0.2, -0.15) is 0 Å². The number of nitrogens with one attached hydrogen (secondary N) is 2. The minimum Gasteiger partial charge on any atom is -0.357 e. The van der Waals surface area contributed by atoms with Gasteiger partial charge in [-0.1, -0.05) is 11.6 Å². The summed E-state index contributed by atoms with van der Waals surface area (Å²) in [6.45, 7) is 2.69. The Hall–Kier alpha value is -2.63. The van der Waals surface area contributed by atoms with Gasteiger partial charge >= 0.3 is 0 Å². The zero-order chi connectivity index (χ0) is 17.4. The van der Waals surface area contributed by atoms with Gasteiger partial charge < -0.3 is 14.9 Å². The van der Waals surface area contributed by atoms with Crippen LogP contribution < -0.4 is 5.32 Å². The van der Waals surface area contributed by atoms with E-state index in [1.165, 1.54) is 16.5 Å². The SMILES string of the molecule is Cc1ccc2[nH]c3c(c2c1)CCCC3C(=O)NCCc1nncn1C. The highest BCUT2D eigenvalue weighted by atomic mass is 16.1. The van der Waals surface area contributed by atoms with Gasteiger partial charge in [-0.3, -0.25) is 4.79 Å². The fourth-order valence-corrected chi connectivity index (χ4v) is 3.79. The van der Waals surface area contributed by atoms with Crippen LogP contribution in [0.3, 0.4) is 0 Å². The lowest BCUT2D eigenvalue weighted by Crippen LogP contribution is -2.33. The highest BCUT2D eigenvalue weighted by Crippen LogP contribution is 2.36. The molecule has 0 spiro atoms. The molecule has 0 bridgehead atoms. The Balaban J connectivity index is 1.51. The number of benzene rings is 1. The van der Waals surface area contributed by atoms with Gasteiger partial charge in [0.15, 0.2) is 0 Å². The number of hydrogen-bond donors (Lipinski definition) is 2. The molecule has 1 amide bonds. The molecule has 130 valence electrons. The van der Waals surface area contributed by atoms with Crippen LogP contribution in [0.25, 0.3) is 10.9 Å². The second-order valence-corrected chi connectivity index (χ2v) is 6.91. The zero-order valence-electron chi connectivity index (χ0n) is 14.7. The van der Waals surface area contributed by atoms with E-state index in [4.69, 9.17) is 0 Å². The van der Waals surface area contributed by atoms with Gasteiger partial charge in [0.25, 0.3) is 0 Å². The van der Waals surface area contributed by atoms with E-state index in [0.717, 1.165) is 36.3 Å². The molecule has 3 aromatic rings. The molecule has 1 aromatic carbocycles. The number of carbonyl (C=O) groups excluding carboxylic acids is 1. The summed E-state index contributed by atoms with van der Waals surface area (Å²) in [5, 5.41) is 12.3. The lowest BCUT2D eigenvalue weighted by Gasteiger charge is -2.22. The van der Waals surface area contributed by atoms with Crippen LogP contribution in [0, 0.1) is 6.92 Å². The van der Waals surface area contributed by atoms with Gasteiger partial charge in [-0.25, -0.2) is 0 Å². The lowest BCUT2D eigenvalue weighted by atomic mass is 9.86. The van der Waals surface area contributed by atoms with Crippen LogP contribution in [-0.2, 0) is 24.7 Å². The third kappa shape index (κ3) is 2.92. The number of carbonyl (C=O) groups is 1. The largest absolute Gasteiger partial charge is 0.357 e. The second kappa shape index (κ2) is 6.35. The highest BCUT2D eigenvalue weighted by molar-refractivity contribution is 5.90. The van der Waals surface area contributed by atoms with Crippen LogP contribution in [0.2, 0.25) is 0 Å². The molecule has 1 aliphatic rings. The van der Waals surface area contributed by atoms with E-state index < -0.39 is 0 Å². The van der Waals surface area contributed by atoms with Gasteiger partial charge in [-0.05, 0) is 43.9 Å². The summed E-state index contributed by atoms with van der Waals surface area (Å²) in [7, 11) is 1.91. The van der Waals surface area contributed by atoms with Crippen LogP contribution in [0.15, 0.2) is 24.5 Å². The molecule has 0 saturated heterocycles. The molecule has 6 heteroatoms. The van der Waals surface area contributed by atoms with Crippen molar-refractivity contribution in [2.75, 3.05) is 6.54 Å². The lowest BCUT2D eigenvalue weighted by molar-refractivity contribution is -0.122. The summed E-state index contributed by atoms with van der Waals surface area (Å²) < 4.78 is 1.88. The van der Waals surface area contributed by atoms with Gasteiger partial charge in [0, 0.05) is 36.6 Å². The van der Waals surface area contributed by atoms with Crippen molar-refractivity contribution in [1.29, 1.82) is 0 Å². The van der Waals surface area contributed by atoms with Crippen LogP contribution in [0.4, 0.5) is 0 Å². The van der Waals surface area contributed by atoms with Crippen molar-refractivity contribution in [3.8, 4) is 0 Å². The number of fused-ring (bicyclic) bond motifs is 3. The maximum atomic E-state index is 12.7. The fourth-order valence-electron chi connectivity index (χ4n) is 3.79. The van der Waals surface area contributed by atoms with Crippen LogP contribution in [-0.4, -0.2) is 32.2 Å². The summed E-state index contributed by atoms with van der Waals surface area (Å²) in [5.74, 6) is 0.896. The Labute approximate surface area is 146 Å². The van der Waals surface area contributed by atoms with Crippen molar-refractivity contribution in [3.63, 3.8) is 0 Å². The van der Waals surface area contributed by atoms with Gasteiger partial charge in [0.1, 0.15) is 12.2 Å². The number of amides is 1. The molecule has 25 heavy (non-hydrogen) atoms. The zero-order valence-corrected chi connectivity index (χ0v) is 14.7. The predicted octanol–water partition coefficient (Wildman–Crippen LogP) is 2.38. The molecule has 0 saturated carbocycles. The molecule has 0 fully saturated rings. The summed E-state index contributed by atoms with van der Waals surface area (Å²) in [6.07, 6.45) is 5.36. The predicted molar refractivity (Wildman–Crippen MR) is 96.4 cm³/mol. The van der Waals surface area contributed by atoms with Crippen molar-refractivity contribution in [1.82, 2.24) is 25.1 Å². The van der Waals surface area contributed by atoms with E-state index in [1.54, 1.807) is 6.33 Å². The van der Waals surface area contributed by atoms with E-state index in [9.17, 15) is 4.79 Å². The molecule has 2 aromatic heterocycles. The molecule has 4 rings (SSSR count). The molecule has 1 aliphatic carbocycles. The molecule has 1 atom stereocenters. The third-order valence-electron chi connectivity index (χ3n) is 5.13. The van der Waals surface area contributed by atoms with E-state index >= 15 is 0 Å². The number of nitrogens with zero attached hydrogens (tertiary/aromatic N) is 3. The van der Waals surface area contributed by atoms with Crippen molar-refractivity contribution < 1.29 is 4.79 Å². The van der Waals surface area contributed by atoms with Gasteiger partial charge in [0.2, 0.25) is 5.91 Å². The topological polar surface area (TPSA) is 75.6 Å². The number of rotatable bonds is 4. The molecular formula is C19H23N5O. The first kappa shape index (κ1) is 15.9. The average molecular weight is 337 g/mol. The van der Waals surface area contributed by atoms with Crippen molar-refractivity contribution in [2.45, 2.75) is 38.5 Å².